The van der Waals surface area contributed by atoms with E-state index in [9.17, 15) is 14.4 Å². The molecule has 0 aromatic heterocycles. The fraction of sp³-hybridized carbons (Fsp3) is 0.346. The van der Waals surface area contributed by atoms with Crippen molar-refractivity contribution >= 4 is 29.4 Å². The number of ether oxygens (including phenoxy) is 1. The van der Waals surface area contributed by atoms with Crippen LogP contribution in [0.4, 0.5) is 5.69 Å². The van der Waals surface area contributed by atoms with Gasteiger partial charge in [-0.3, -0.25) is 19.3 Å². The molecule has 164 valence electrons. The van der Waals surface area contributed by atoms with E-state index in [2.05, 4.69) is 0 Å². The van der Waals surface area contributed by atoms with Gasteiger partial charge in [0.05, 0.1) is 17.9 Å². The minimum Gasteiger partial charge on any atom is -0.385 e. The molecular formula is C26H26N2O4. The van der Waals surface area contributed by atoms with Crippen molar-refractivity contribution in [3.05, 3.63) is 71.3 Å². The van der Waals surface area contributed by atoms with Crippen molar-refractivity contribution in [2.45, 2.75) is 25.4 Å². The Morgan fingerprint density at radius 3 is 2.47 bits per heavy atom. The van der Waals surface area contributed by atoms with Crippen molar-refractivity contribution in [1.29, 1.82) is 0 Å². The van der Waals surface area contributed by atoms with Crippen molar-refractivity contribution in [2.24, 2.45) is 11.8 Å². The topological polar surface area (TPSA) is 66.9 Å². The molecule has 0 spiro atoms. The number of rotatable bonds is 6. The van der Waals surface area contributed by atoms with Crippen LogP contribution < -0.4 is 4.90 Å². The van der Waals surface area contributed by atoms with Crippen LogP contribution in [0.5, 0.6) is 0 Å². The summed E-state index contributed by atoms with van der Waals surface area (Å²) in [6, 6.07) is 14.2. The summed E-state index contributed by atoms with van der Waals surface area (Å²) in [4.78, 5) is 44.1. The maximum Gasteiger partial charge on any atom is 0.235 e. The van der Waals surface area contributed by atoms with E-state index in [1.165, 1.54) is 4.90 Å². The van der Waals surface area contributed by atoms with Crippen molar-refractivity contribution in [1.82, 2.24) is 4.90 Å². The molecule has 0 radical (unpaired) electrons. The first kappa shape index (κ1) is 20.6. The third kappa shape index (κ3) is 3.09. The van der Waals surface area contributed by atoms with E-state index in [0.29, 0.717) is 25.1 Å². The highest BCUT2D eigenvalue weighted by Gasteiger charge is 2.63. The zero-order chi connectivity index (χ0) is 22.4. The lowest BCUT2D eigenvalue weighted by molar-refractivity contribution is -0.140. The highest BCUT2D eigenvalue weighted by molar-refractivity contribution is 6.14. The molecule has 2 fully saturated rings. The number of nitrogens with zero attached hydrogens (tertiary/aromatic N) is 2. The summed E-state index contributed by atoms with van der Waals surface area (Å²) in [5.74, 6) is -1.81. The summed E-state index contributed by atoms with van der Waals surface area (Å²) < 4.78 is 5.10. The lowest BCUT2D eigenvalue weighted by Gasteiger charge is -2.36. The quantitative estimate of drug-likeness (QED) is 0.400. The van der Waals surface area contributed by atoms with Gasteiger partial charge in [-0.2, -0.15) is 0 Å². The summed E-state index contributed by atoms with van der Waals surface area (Å²) in [6.07, 6.45) is 4.56. The lowest BCUT2D eigenvalue weighted by atomic mass is 9.86. The Balaban J connectivity index is 1.58. The van der Waals surface area contributed by atoms with E-state index in [1.807, 2.05) is 72.5 Å². The minimum absolute atomic E-state index is 0.118. The number of Topliss-reactive ketones (excluding diaryl/α,β-unsaturated/α-hetero) is 1. The molecule has 4 atom stereocenters. The van der Waals surface area contributed by atoms with Gasteiger partial charge in [-0.25, -0.2) is 0 Å². The maximum absolute atomic E-state index is 13.8. The Morgan fingerprint density at radius 1 is 1.00 bits per heavy atom. The Labute approximate surface area is 187 Å². The number of hydrogen-bond donors (Lipinski definition) is 0. The van der Waals surface area contributed by atoms with Gasteiger partial charge in [0, 0.05) is 31.5 Å². The summed E-state index contributed by atoms with van der Waals surface area (Å²) in [6.45, 7) is 2.76. The average molecular weight is 431 g/mol. The number of carbonyl (C=O) groups excluding carboxylic acids is 3. The van der Waals surface area contributed by atoms with Gasteiger partial charge in [0.1, 0.15) is 6.04 Å². The van der Waals surface area contributed by atoms with Gasteiger partial charge in [-0.1, -0.05) is 60.2 Å². The molecule has 0 unspecified atom stereocenters. The lowest BCUT2D eigenvalue weighted by Crippen LogP contribution is -2.48. The van der Waals surface area contributed by atoms with E-state index in [0.717, 1.165) is 16.8 Å². The van der Waals surface area contributed by atoms with Crippen molar-refractivity contribution in [3.8, 4) is 0 Å². The molecule has 6 heteroatoms. The molecule has 2 aromatic rings. The molecule has 32 heavy (non-hydrogen) atoms. The third-order valence-corrected chi connectivity index (χ3v) is 6.84. The number of ketones is 1. The van der Waals surface area contributed by atoms with Crippen molar-refractivity contribution in [2.75, 3.05) is 25.2 Å². The van der Waals surface area contributed by atoms with Crippen molar-refractivity contribution < 1.29 is 19.1 Å². The smallest absolute Gasteiger partial charge is 0.235 e. The third-order valence-electron chi connectivity index (χ3n) is 6.84. The molecule has 3 heterocycles. The largest absolute Gasteiger partial charge is 0.385 e. The summed E-state index contributed by atoms with van der Waals surface area (Å²) >= 11 is 0. The SMILES string of the molecule is COCCCN1C(=O)[C@@H]2[C@H](C1=O)[C@H]1C=Cc3ccccc3N1[C@@H]2C(=O)c1ccc(C)cc1. The normalized spacial score (nSPS) is 25.7. The first-order chi connectivity index (χ1) is 15.5. The van der Waals surface area contributed by atoms with Crippen LogP contribution in [-0.2, 0) is 14.3 Å². The van der Waals surface area contributed by atoms with E-state index < -0.39 is 17.9 Å². The molecule has 0 aliphatic carbocycles. The van der Waals surface area contributed by atoms with Crippen LogP contribution in [0.3, 0.4) is 0 Å². The first-order valence-corrected chi connectivity index (χ1v) is 11.0. The number of carbonyl (C=O) groups is 3. The predicted octanol–water partition coefficient (Wildman–Crippen LogP) is 3.10. The molecule has 6 nitrogen and oxygen atoms in total. The molecule has 0 bridgehead atoms. The average Bonchev–Trinajstić information content (AvgIpc) is 3.28. The van der Waals surface area contributed by atoms with Gasteiger partial charge < -0.3 is 9.64 Å². The Kier molecular flexibility index (Phi) is 5.18. The number of fused-ring (bicyclic) bond motifs is 5. The van der Waals surface area contributed by atoms with Crippen LogP contribution in [0, 0.1) is 18.8 Å². The van der Waals surface area contributed by atoms with E-state index in [1.54, 1.807) is 7.11 Å². The van der Waals surface area contributed by atoms with Gasteiger partial charge >= 0.3 is 0 Å². The predicted molar refractivity (Wildman–Crippen MR) is 121 cm³/mol. The monoisotopic (exact) mass is 430 g/mol. The molecule has 0 saturated carbocycles. The van der Waals surface area contributed by atoms with Crippen molar-refractivity contribution in [3.63, 3.8) is 0 Å². The number of methoxy groups -OCH3 is 1. The Bertz CT molecular complexity index is 1110. The number of hydrogen-bond acceptors (Lipinski definition) is 5. The Hall–Kier alpha value is -3.25. The molecule has 2 amide bonds. The van der Waals surface area contributed by atoms with Crippen LogP contribution in [-0.4, -0.2) is 54.8 Å². The second-order valence-corrected chi connectivity index (χ2v) is 8.72. The number of likely N-dealkylation sites (tertiary alicyclic amines) is 1. The molecule has 0 N–H and O–H groups in total. The van der Waals surface area contributed by atoms with Crippen LogP contribution >= 0.6 is 0 Å². The van der Waals surface area contributed by atoms with Crippen LogP contribution in [0.2, 0.25) is 0 Å². The first-order valence-electron chi connectivity index (χ1n) is 11.0. The Morgan fingerprint density at radius 2 is 1.72 bits per heavy atom. The molecule has 2 aromatic carbocycles. The molecular weight excluding hydrogens is 404 g/mol. The minimum atomic E-state index is -0.720. The molecule has 3 aliphatic heterocycles. The van der Waals surface area contributed by atoms with Gasteiger partial charge in [-0.05, 0) is 25.0 Å². The second-order valence-electron chi connectivity index (χ2n) is 8.72. The van der Waals surface area contributed by atoms with E-state index in [4.69, 9.17) is 4.74 Å². The van der Waals surface area contributed by atoms with Crippen LogP contribution in [0.25, 0.3) is 6.08 Å². The van der Waals surface area contributed by atoms with Gasteiger partial charge in [0.15, 0.2) is 5.78 Å². The van der Waals surface area contributed by atoms with Gasteiger partial charge in [0.2, 0.25) is 11.8 Å². The van der Waals surface area contributed by atoms with Crippen LogP contribution in [0.15, 0.2) is 54.6 Å². The number of para-hydroxylation sites is 1. The van der Waals surface area contributed by atoms with E-state index >= 15 is 0 Å². The highest BCUT2D eigenvalue weighted by atomic mass is 16.5. The molecule has 5 rings (SSSR count). The zero-order valence-corrected chi connectivity index (χ0v) is 18.2. The summed E-state index contributed by atoms with van der Waals surface area (Å²) in [5.41, 5.74) is 3.50. The summed E-state index contributed by atoms with van der Waals surface area (Å²) in [5, 5.41) is 0. The fourth-order valence-corrected chi connectivity index (χ4v) is 5.35. The zero-order valence-electron chi connectivity index (χ0n) is 18.2. The second kappa shape index (κ2) is 8.02. The fourth-order valence-electron chi connectivity index (χ4n) is 5.35. The molecule has 2 saturated heterocycles. The van der Waals surface area contributed by atoms with Gasteiger partial charge in [-0.15, -0.1) is 0 Å². The number of anilines is 1. The number of benzene rings is 2. The number of imide groups is 1. The maximum atomic E-state index is 13.8. The van der Waals surface area contributed by atoms with E-state index in [-0.39, 0.29) is 23.6 Å². The molecule has 3 aliphatic rings. The van der Waals surface area contributed by atoms with Crippen LogP contribution in [0.1, 0.15) is 27.9 Å². The van der Waals surface area contributed by atoms with Gasteiger partial charge in [0.25, 0.3) is 0 Å². The summed E-state index contributed by atoms with van der Waals surface area (Å²) in [7, 11) is 1.60. The standard InChI is InChI=1S/C26H26N2O4/c1-16-8-10-18(11-9-16)24(29)23-22-21(25(30)27(26(22)31)14-5-15-32-2)20-13-12-17-6-3-4-7-19(17)28(20)23/h3-4,6-13,20-23H,5,14-15H2,1-2H3/t20-,21-,22-,23+/m1/s1. The number of amides is 2. The number of aryl methyl sites for hydroxylation is 1. The highest BCUT2D eigenvalue weighted by Crippen LogP contribution is 2.49.